The van der Waals surface area contributed by atoms with Crippen molar-refractivity contribution in [3.05, 3.63) is 0 Å². The Balaban J connectivity index is 1.83. The quantitative estimate of drug-likeness (QED) is 0.631. The highest BCUT2D eigenvalue weighted by atomic mass is 16.2. The van der Waals surface area contributed by atoms with Crippen molar-refractivity contribution in [2.24, 2.45) is 5.73 Å². The number of imide groups is 1. The third kappa shape index (κ3) is 3.32. The van der Waals surface area contributed by atoms with Crippen molar-refractivity contribution in [3.8, 4) is 0 Å². The first kappa shape index (κ1) is 14.0. The van der Waals surface area contributed by atoms with Crippen LogP contribution in [0.15, 0.2) is 0 Å². The Bertz CT molecular complexity index is 390. The van der Waals surface area contributed by atoms with Gasteiger partial charge in [0.05, 0.1) is 5.54 Å². The number of nitrogens with one attached hydrogen (secondary N) is 1. The van der Waals surface area contributed by atoms with Crippen LogP contribution in [0, 0.1) is 0 Å². The lowest BCUT2D eigenvalue weighted by Crippen LogP contribution is -2.54. The topological polar surface area (TPSA) is 92.5 Å². The number of carbonyl (C=O) groups is 3. The Morgan fingerprint density at radius 1 is 1.37 bits per heavy atom. The molecule has 0 aromatic rings. The summed E-state index contributed by atoms with van der Waals surface area (Å²) in [7, 11) is 0. The van der Waals surface area contributed by atoms with Gasteiger partial charge in [0, 0.05) is 25.4 Å². The van der Waals surface area contributed by atoms with E-state index in [4.69, 9.17) is 5.73 Å². The van der Waals surface area contributed by atoms with Crippen LogP contribution in [-0.4, -0.2) is 40.7 Å². The molecule has 1 saturated heterocycles. The highest BCUT2D eigenvalue weighted by Gasteiger charge is 2.37. The van der Waals surface area contributed by atoms with E-state index in [1.54, 1.807) is 6.92 Å². The zero-order valence-corrected chi connectivity index (χ0v) is 11.3. The maximum atomic E-state index is 11.6. The van der Waals surface area contributed by atoms with E-state index in [9.17, 15) is 14.4 Å². The Labute approximate surface area is 112 Å². The Hall–Kier alpha value is -1.43. The molecule has 1 atom stereocenters. The van der Waals surface area contributed by atoms with Gasteiger partial charge in [0.2, 0.25) is 17.7 Å². The molecule has 0 aromatic heterocycles. The molecule has 1 aliphatic heterocycles. The number of nitrogens with zero attached hydrogens (tertiary/aromatic N) is 1. The van der Waals surface area contributed by atoms with Gasteiger partial charge in [-0.1, -0.05) is 0 Å². The molecule has 0 radical (unpaired) electrons. The van der Waals surface area contributed by atoms with Gasteiger partial charge in [0.1, 0.15) is 0 Å². The third-order valence-corrected chi connectivity index (χ3v) is 3.86. The van der Waals surface area contributed by atoms with Gasteiger partial charge in [-0.25, -0.2) is 0 Å². The van der Waals surface area contributed by atoms with Gasteiger partial charge in [0.25, 0.3) is 0 Å². The molecule has 0 spiro atoms. The molecule has 6 nitrogen and oxygen atoms in total. The summed E-state index contributed by atoms with van der Waals surface area (Å²) in [4.78, 5) is 35.8. The molecule has 1 saturated carbocycles. The minimum absolute atomic E-state index is 0.110. The molecule has 0 bridgehead atoms. The number of nitrogens with two attached hydrogens (primary N) is 1. The summed E-state index contributed by atoms with van der Waals surface area (Å²) in [5.41, 5.74) is 4.70. The van der Waals surface area contributed by atoms with Crippen molar-refractivity contribution in [2.45, 2.75) is 57.0 Å². The summed E-state index contributed by atoms with van der Waals surface area (Å²) >= 11 is 0. The monoisotopic (exact) mass is 267 g/mol. The van der Waals surface area contributed by atoms with Crippen molar-refractivity contribution < 1.29 is 14.4 Å². The molecule has 106 valence electrons. The number of primary amides is 1. The summed E-state index contributed by atoms with van der Waals surface area (Å²) in [6, 6.07) is 0.382. The van der Waals surface area contributed by atoms with E-state index in [0.717, 1.165) is 12.8 Å². The molecule has 2 aliphatic rings. The van der Waals surface area contributed by atoms with E-state index in [1.807, 2.05) is 0 Å². The van der Waals surface area contributed by atoms with E-state index in [1.165, 1.54) is 4.90 Å². The molecule has 6 heteroatoms. The molecule has 1 heterocycles. The molecular weight excluding hydrogens is 246 g/mol. The van der Waals surface area contributed by atoms with Crippen LogP contribution < -0.4 is 11.1 Å². The molecule has 3 N–H and O–H groups in total. The van der Waals surface area contributed by atoms with Gasteiger partial charge < -0.3 is 11.1 Å². The average Bonchev–Trinajstić information content (AvgIpc) is 3.09. The van der Waals surface area contributed by atoms with Gasteiger partial charge >= 0.3 is 0 Å². The van der Waals surface area contributed by atoms with Crippen molar-refractivity contribution >= 4 is 17.7 Å². The fourth-order valence-corrected chi connectivity index (χ4v) is 2.41. The summed E-state index contributed by atoms with van der Waals surface area (Å²) in [6.45, 7) is 2.17. The predicted molar refractivity (Wildman–Crippen MR) is 68.9 cm³/mol. The summed E-state index contributed by atoms with van der Waals surface area (Å²) in [6.07, 6.45) is 3.91. The van der Waals surface area contributed by atoms with Crippen LogP contribution in [0.2, 0.25) is 0 Å². The number of carbonyl (C=O) groups excluding carboxylic acids is 3. The number of hydrogen-bond acceptors (Lipinski definition) is 4. The van der Waals surface area contributed by atoms with E-state index < -0.39 is 5.54 Å². The lowest BCUT2D eigenvalue weighted by molar-refractivity contribution is -0.138. The molecular formula is C13H21N3O3. The first-order chi connectivity index (χ1) is 8.92. The van der Waals surface area contributed by atoms with E-state index in [0.29, 0.717) is 38.3 Å². The third-order valence-electron chi connectivity index (χ3n) is 3.86. The second-order valence-corrected chi connectivity index (χ2v) is 5.66. The summed E-state index contributed by atoms with van der Waals surface area (Å²) < 4.78 is 0. The molecule has 2 rings (SSSR count). The Kier molecular flexibility index (Phi) is 3.89. The lowest BCUT2D eigenvalue weighted by atomic mass is 9.94. The lowest BCUT2D eigenvalue weighted by Gasteiger charge is -2.28. The van der Waals surface area contributed by atoms with E-state index in [-0.39, 0.29) is 17.7 Å². The van der Waals surface area contributed by atoms with Crippen LogP contribution in [0.3, 0.4) is 0 Å². The van der Waals surface area contributed by atoms with Crippen LogP contribution in [0.4, 0.5) is 0 Å². The molecule has 3 amide bonds. The second kappa shape index (κ2) is 5.28. The van der Waals surface area contributed by atoms with Crippen LogP contribution in [0.25, 0.3) is 0 Å². The molecule has 2 fully saturated rings. The highest BCUT2D eigenvalue weighted by Crippen LogP contribution is 2.25. The van der Waals surface area contributed by atoms with Crippen molar-refractivity contribution in [3.63, 3.8) is 0 Å². The SMILES string of the molecule is CC(CCCN1C(=O)CCC1=O)(NC1CC1)C(N)=O. The van der Waals surface area contributed by atoms with Gasteiger partial charge in [0.15, 0.2) is 0 Å². The zero-order chi connectivity index (χ0) is 14.0. The molecule has 1 aliphatic carbocycles. The summed E-state index contributed by atoms with van der Waals surface area (Å²) in [5.74, 6) is -0.597. The van der Waals surface area contributed by atoms with Crippen LogP contribution in [-0.2, 0) is 14.4 Å². The largest absolute Gasteiger partial charge is 0.368 e. The van der Waals surface area contributed by atoms with Gasteiger partial charge in [-0.2, -0.15) is 0 Å². The zero-order valence-electron chi connectivity index (χ0n) is 11.3. The van der Waals surface area contributed by atoms with Crippen LogP contribution in [0.1, 0.15) is 45.4 Å². The maximum Gasteiger partial charge on any atom is 0.237 e. The highest BCUT2D eigenvalue weighted by molar-refractivity contribution is 6.01. The van der Waals surface area contributed by atoms with Crippen LogP contribution >= 0.6 is 0 Å². The fourth-order valence-electron chi connectivity index (χ4n) is 2.41. The first-order valence-corrected chi connectivity index (χ1v) is 6.83. The Morgan fingerprint density at radius 3 is 2.42 bits per heavy atom. The molecule has 0 aromatic carbocycles. The normalized spacial score (nSPS) is 22.7. The van der Waals surface area contributed by atoms with Crippen LogP contribution in [0.5, 0.6) is 0 Å². The van der Waals surface area contributed by atoms with Gasteiger partial charge in [-0.3, -0.25) is 19.3 Å². The molecule has 1 unspecified atom stereocenters. The maximum absolute atomic E-state index is 11.6. The average molecular weight is 267 g/mol. The van der Waals surface area contributed by atoms with Crippen molar-refractivity contribution in [2.75, 3.05) is 6.54 Å². The smallest absolute Gasteiger partial charge is 0.237 e. The minimum atomic E-state index is -0.743. The Morgan fingerprint density at radius 2 is 1.95 bits per heavy atom. The van der Waals surface area contributed by atoms with Gasteiger partial charge in [-0.15, -0.1) is 0 Å². The predicted octanol–water partition coefficient (Wildman–Crippen LogP) is -0.0884. The van der Waals surface area contributed by atoms with Crippen molar-refractivity contribution in [1.82, 2.24) is 10.2 Å². The second-order valence-electron chi connectivity index (χ2n) is 5.66. The minimum Gasteiger partial charge on any atom is -0.368 e. The molecule has 19 heavy (non-hydrogen) atoms. The van der Waals surface area contributed by atoms with Crippen molar-refractivity contribution in [1.29, 1.82) is 0 Å². The summed E-state index contributed by atoms with van der Waals surface area (Å²) in [5, 5.41) is 3.25. The number of hydrogen-bond donors (Lipinski definition) is 2. The number of amides is 3. The standard InChI is InChI=1S/C13H21N3O3/c1-13(12(14)19,15-9-3-4-9)7-2-8-16-10(17)5-6-11(16)18/h9,15H,2-8H2,1H3,(H2,14,19). The number of rotatable bonds is 7. The van der Waals surface area contributed by atoms with Gasteiger partial charge in [-0.05, 0) is 32.6 Å². The number of likely N-dealkylation sites (tertiary alicyclic amines) is 1. The van der Waals surface area contributed by atoms with E-state index >= 15 is 0 Å². The fraction of sp³-hybridized carbons (Fsp3) is 0.769. The first-order valence-electron chi connectivity index (χ1n) is 6.83. The van der Waals surface area contributed by atoms with E-state index in [2.05, 4.69) is 5.32 Å².